The Hall–Kier alpha value is -8.72. The molecule has 12 aromatic rings. The fraction of sp³-hybridized carbons (Fsp3) is 0.0154. The van der Waals surface area contributed by atoms with E-state index in [0.29, 0.717) is 0 Å². The number of rotatable bonds is 8. The van der Waals surface area contributed by atoms with E-state index in [-0.39, 0.29) is 0 Å². The van der Waals surface area contributed by atoms with E-state index >= 15 is 0 Å². The minimum Gasteiger partial charge on any atom is -0.310 e. The van der Waals surface area contributed by atoms with Gasteiger partial charge in [-0.3, -0.25) is 0 Å². The molecule has 0 bridgehead atoms. The smallest absolute Gasteiger partial charge is 0.0714 e. The largest absolute Gasteiger partial charge is 0.310 e. The maximum atomic E-state index is 2.45. The first-order valence-corrected chi connectivity index (χ1v) is 23.2. The first-order valence-electron chi connectivity index (χ1n) is 23.2. The molecule has 13 rings (SSSR count). The van der Waals surface area contributed by atoms with Gasteiger partial charge in [-0.1, -0.05) is 212 Å². The predicted octanol–water partition coefficient (Wildman–Crippen LogP) is 17.1. The van der Waals surface area contributed by atoms with Crippen LogP contribution in [0.4, 0.5) is 17.1 Å². The summed E-state index contributed by atoms with van der Waals surface area (Å²) in [6, 6.07) is 98.0. The Morgan fingerprint density at radius 1 is 0.299 bits per heavy atom. The van der Waals surface area contributed by atoms with Crippen LogP contribution < -0.4 is 4.90 Å². The van der Waals surface area contributed by atoms with Crippen molar-refractivity contribution in [2.45, 2.75) is 5.41 Å². The Balaban J connectivity index is 0.914. The van der Waals surface area contributed by atoms with Crippen LogP contribution in [0, 0.1) is 0 Å². The van der Waals surface area contributed by atoms with Gasteiger partial charge in [-0.15, -0.1) is 0 Å². The van der Waals surface area contributed by atoms with E-state index in [2.05, 4.69) is 276 Å². The molecule has 0 radical (unpaired) electrons. The highest BCUT2D eigenvalue weighted by molar-refractivity contribution is 6.09. The Kier molecular flexibility index (Phi) is 9.11. The van der Waals surface area contributed by atoms with Crippen LogP contribution in [0.25, 0.3) is 71.6 Å². The summed E-state index contributed by atoms with van der Waals surface area (Å²) in [4.78, 5) is 2.43. The van der Waals surface area contributed by atoms with Crippen molar-refractivity contribution >= 4 is 49.6 Å². The number of para-hydroxylation sites is 3. The van der Waals surface area contributed by atoms with Crippen molar-refractivity contribution in [3.8, 4) is 39.1 Å². The molecule has 1 aliphatic rings. The average Bonchev–Trinajstić information content (AvgIpc) is 3.90. The molecule has 0 fully saturated rings. The molecule has 0 saturated heterocycles. The quantitative estimate of drug-likeness (QED) is 0.148. The number of aromatic nitrogens is 1. The molecular weight excluding hydrogens is 809 g/mol. The maximum absolute atomic E-state index is 2.45. The zero-order valence-electron chi connectivity index (χ0n) is 36.8. The Labute approximate surface area is 390 Å². The van der Waals surface area contributed by atoms with Crippen LogP contribution in [0.2, 0.25) is 0 Å². The van der Waals surface area contributed by atoms with E-state index in [4.69, 9.17) is 0 Å². The van der Waals surface area contributed by atoms with Gasteiger partial charge in [0.1, 0.15) is 0 Å². The van der Waals surface area contributed by atoms with E-state index in [1.165, 1.54) is 93.9 Å². The van der Waals surface area contributed by atoms with Gasteiger partial charge in [0.05, 0.1) is 22.1 Å². The third-order valence-electron chi connectivity index (χ3n) is 14.1. The lowest BCUT2D eigenvalue weighted by atomic mass is 9.67. The molecule has 1 aromatic heterocycles. The number of hydrogen-bond donors (Lipinski definition) is 0. The van der Waals surface area contributed by atoms with Crippen LogP contribution in [0.1, 0.15) is 22.3 Å². The molecular formula is C65H44N2. The molecule has 0 saturated carbocycles. The van der Waals surface area contributed by atoms with Crippen molar-refractivity contribution in [3.05, 3.63) is 289 Å². The minimum atomic E-state index is -0.500. The topological polar surface area (TPSA) is 8.17 Å². The summed E-state index contributed by atoms with van der Waals surface area (Å²) in [6.07, 6.45) is 0. The molecule has 0 spiro atoms. The highest BCUT2D eigenvalue weighted by Gasteiger charge is 2.46. The summed E-state index contributed by atoms with van der Waals surface area (Å²) in [5, 5.41) is 4.96. The highest BCUT2D eigenvalue weighted by atomic mass is 15.1. The Morgan fingerprint density at radius 2 is 0.776 bits per heavy atom. The third kappa shape index (κ3) is 6.18. The maximum Gasteiger partial charge on any atom is 0.0714 e. The lowest BCUT2D eigenvalue weighted by Gasteiger charge is -2.35. The first-order chi connectivity index (χ1) is 33.2. The van der Waals surface area contributed by atoms with Crippen LogP contribution >= 0.6 is 0 Å². The molecule has 314 valence electrons. The minimum absolute atomic E-state index is 0.500. The highest BCUT2D eigenvalue weighted by Crippen LogP contribution is 2.57. The van der Waals surface area contributed by atoms with Crippen LogP contribution in [0.5, 0.6) is 0 Å². The van der Waals surface area contributed by atoms with Gasteiger partial charge in [-0.05, 0) is 115 Å². The van der Waals surface area contributed by atoms with E-state index in [1.807, 2.05) is 0 Å². The van der Waals surface area contributed by atoms with Gasteiger partial charge in [0.2, 0.25) is 0 Å². The standard InChI is InChI=1S/C65H44N2/c1-3-19-50(20-4-1)65(51-21-5-2-6-22-51)60-27-13-9-24-56(60)57-42-41-54(44-61(57)65)66(53-40-37-45-17-7-8-18-49(45)43-53)52-38-35-47(36-39-52)46-31-33-48(34-32-46)55-23-10-14-28-62(55)67-63-29-15-11-25-58(63)59-26-12-16-30-64(59)67/h1-44H. The molecule has 1 heterocycles. The van der Waals surface area contributed by atoms with Gasteiger partial charge in [-0.25, -0.2) is 0 Å². The molecule has 1 aliphatic carbocycles. The summed E-state index contributed by atoms with van der Waals surface area (Å²) in [5.74, 6) is 0. The molecule has 0 N–H and O–H groups in total. The zero-order chi connectivity index (χ0) is 44.3. The van der Waals surface area contributed by atoms with Crippen molar-refractivity contribution in [3.63, 3.8) is 0 Å². The summed E-state index contributed by atoms with van der Waals surface area (Å²) in [5.41, 5.74) is 18.8. The van der Waals surface area contributed by atoms with Crippen molar-refractivity contribution in [2.24, 2.45) is 0 Å². The SMILES string of the molecule is c1ccc(C2(c3ccccc3)c3ccccc3-c3ccc(N(c4ccc(-c5ccc(-c6ccccc6-n6c7ccccc7c7ccccc76)cc5)cc4)c4ccc5ccccc5c4)cc32)cc1. The molecule has 11 aromatic carbocycles. The summed E-state index contributed by atoms with van der Waals surface area (Å²) in [7, 11) is 0. The van der Waals surface area contributed by atoms with Gasteiger partial charge in [0, 0.05) is 33.4 Å². The van der Waals surface area contributed by atoms with Crippen LogP contribution in [-0.2, 0) is 5.41 Å². The number of benzene rings is 11. The molecule has 0 unspecified atom stereocenters. The lowest BCUT2D eigenvalue weighted by molar-refractivity contribution is 0.768. The number of fused-ring (bicyclic) bond motifs is 7. The van der Waals surface area contributed by atoms with Gasteiger partial charge < -0.3 is 9.47 Å². The number of nitrogens with zero attached hydrogens (tertiary/aromatic N) is 2. The van der Waals surface area contributed by atoms with Gasteiger partial charge in [0.15, 0.2) is 0 Å². The van der Waals surface area contributed by atoms with Gasteiger partial charge in [0.25, 0.3) is 0 Å². The third-order valence-corrected chi connectivity index (χ3v) is 14.1. The first kappa shape index (κ1) is 38.7. The lowest BCUT2D eigenvalue weighted by Crippen LogP contribution is -2.28. The Bertz CT molecular complexity index is 3700. The molecule has 0 amide bonds. The fourth-order valence-electron chi connectivity index (χ4n) is 11.1. The molecule has 0 aliphatic heterocycles. The second-order valence-corrected chi connectivity index (χ2v) is 17.6. The normalized spacial score (nSPS) is 12.6. The predicted molar refractivity (Wildman–Crippen MR) is 281 cm³/mol. The van der Waals surface area contributed by atoms with Crippen LogP contribution in [-0.4, -0.2) is 4.57 Å². The molecule has 0 atom stereocenters. The van der Waals surface area contributed by atoms with Gasteiger partial charge >= 0.3 is 0 Å². The zero-order valence-corrected chi connectivity index (χ0v) is 36.8. The van der Waals surface area contributed by atoms with Crippen molar-refractivity contribution < 1.29 is 0 Å². The summed E-state index contributed by atoms with van der Waals surface area (Å²) in [6.45, 7) is 0. The van der Waals surface area contributed by atoms with Crippen molar-refractivity contribution in [2.75, 3.05) is 4.90 Å². The number of hydrogen-bond acceptors (Lipinski definition) is 1. The second-order valence-electron chi connectivity index (χ2n) is 17.6. The van der Waals surface area contributed by atoms with Crippen LogP contribution in [0.15, 0.2) is 267 Å². The summed E-state index contributed by atoms with van der Waals surface area (Å²) >= 11 is 0. The fourth-order valence-corrected chi connectivity index (χ4v) is 11.1. The Morgan fingerprint density at radius 3 is 1.46 bits per heavy atom. The molecule has 2 heteroatoms. The average molecular weight is 853 g/mol. The van der Waals surface area contributed by atoms with E-state index in [1.54, 1.807) is 0 Å². The van der Waals surface area contributed by atoms with Gasteiger partial charge in [-0.2, -0.15) is 0 Å². The van der Waals surface area contributed by atoms with Crippen LogP contribution in [0.3, 0.4) is 0 Å². The van der Waals surface area contributed by atoms with Crippen molar-refractivity contribution in [1.82, 2.24) is 4.57 Å². The summed E-state index contributed by atoms with van der Waals surface area (Å²) < 4.78 is 2.41. The second kappa shape index (κ2) is 15.8. The number of anilines is 3. The van der Waals surface area contributed by atoms with E-state index in [0.717, 1.165) is 17.1 Å². The molecule has 2 nitrogen and oxygen atoms in total. The van der Waals surface area contributed by atoms with E-state index < -0.39 is 5.41 Å². The monoisotopic (exact) mass is 852 g/mol. The van der Waals surface area contributed by atoms with E-state index in [9.17, 15) is 0 Å². The molecule has 67 heavy (non-hydrogen) atoms. The van der Waals surface area contributed by atoms with Crippen molar-refractivity contribution in [1.29, 1.82) is 0 Å².